The van der Waals surface area contributed by atoms with E-state index in [4.69, 9.17) is 9.47 Å². The van der Waals surface area contributed by atoms with Crippen LogP contribution in [0.25, 0.3) is 0 Å². The molecule has 0 saturated carbocycles. The summed E-state index contributed by atoms with van der Waals surface area (Å²) >= 11 is 0. The van der Waals surface area contributed by atoms with Gasteiger partial charge < -0.3 is 14.6 Å². The van der Waals surface area contributed by atoms with E-state index in [9.17, 15) is 9.90 Å². The van der Waals surface area contributed by atoms with Crippen molar-refractivity contribution in [2.75, 3.05) is 6.61 Å². The Hall–Kier alpha value is -0.610. The first-order chi connectivity index (χ1) is 7.90. The van der Waals surface area contributed by atoms with Gasteiger partial charge in [0.1, 0.15) is 5.60 Å². The van der Waals surface area contributed by atoms with Crippen molar-refractivity contribution >= 4 is 5.97 Å². The summed E-state index contributed by atoms with van der Waals surface area (Å²) in [5.74, 6) is -0.387. The molecule has 1 aliphatic heterocycles. The lowest BCUT2D eigenvalue weighted by molar-refractivity contribution is -0.195. The molecule has 4 heteroatoms. The minimum atomic E-state index is -1.25. The Labute approximate surface area is 110 Å². The van der Waals surface area contributed by atoms with Crippen LogP contribution in [0.5, 0.6) is 0 Å². The van der Waals surface area contributed by atoms with Gasteiger partial charge in [-0.15, -0.1) is 0 Å². The number of rotatable bonds is 3. The van der Waals surface area contributed by atoms with Crippen molar-refractivity contribution in [3.63, 3.8) is 0 Å². The second kappa shape index (κ2) is 4.20. The largest absolute Gasteiger partial charge is 0.465 e. The van der Waals surface area contributed by atoms with Gasteiger partial charge in [0, 0.05) is 6.42 Å². The fourth-order valence-electron chi connectivity index (χ4n) is 3.09. The van der Waals surface area contributed by atoms with Crippen LogP contribution in [0, 0.1) is 5.41 Å². The van der Waals surface area contributed by atoms with Crippen LogP contribution in [0.4, 0.5) is 0 Å². The molecule has 0 aromatic carbocycles. The van der Waals surface area contributed by atoms with Crippen molar-refractivity contribution < 1.29 is 19.4 Å². The molecule has 1 unspecified atom stereocenters. The minimum absolute atomic E-state index is 0.309. The predicted molar refractivity (Wildman–Crippen MR) is 69.2 cm³/mol. The SMILES string of the molecule is CCOC(=O)C(C)(C)C1(O)CC(C)(C)OC1(C)C. The van der Waals surface area contributed by atoms with Crippen LogP contribution in [-0.4, -0.2) is 34.5 Å². The molecule has 18 heavy (non-hydrogen) atoms. The van der Waals surface area contributed by atoms with Gasteiger partial charge in [0.15, 0.2) is 0 Å². The fourth-order valence-corrected chi connectivity index (χ4v) is 3.09. The summed E-state index contributed by atoms with van der Waals surface area (Å²) in [5.41, 5.74) is -3.52. The van der Waals surface area contributed by atoms with Crippen molar-refractivity contribution in [2.24, 2.45) is 5.41 Å². The molecule has 1 heterocycles. The first-order valence-electron chi connectivity index (χ1n) is 6.49. The maximum absolute atomic E-state index is 12.1. The number of aliphatic hydroxyl groups is 1. The summed E-state index contributed by atoms with van der Waals surface area (Å²) < 4.78 is 11.0. The molecule has 0 aromatic rings. The number of carbonyl (C=O) groups is 1. The van der Waals surface area contributed by atoms with Crippen LogP contribution in [0.2, 0.25) is 0 Å². The summed E-state index contributed by atoms with van der Waals surface area (Å²) in [6.45, 7) is 13.0. The van der Waals surface area contributed by atoms with Crippen molar-refractivity contribution in [1.29, 1.82) is 0 Å². The van der Waals surface area contributed by atoms with Crippen molar-refractivity contribution in [1.82, 2.24) is 0 Å². The van der Waals surface area contributed by atoms with Gasteiger partial charge in [-0.05, 0) is 48.5 Å². The first kappa shape index (κ1) is 15.4. The van der Waals surface area contributed by atoms with E-state index >= 15 is 0 Å². The van der Waals surface area contributed by atoms with E-state index < -0.39 is 22.2 Å². The molecule has 1 aliphatic rings. The van der Waals surface area contributed by atoms with Gasteiger partial charge in [-0.1, -0.05) is 0 Å². The summed E-state index contributed by atoms with van der Waals surface area (Å²) in [4.78, 5) is 12.1. The van der Waals surface area contributed by atoms with Crippen LogP contribution in [0.15, 0.2) is 0 Å². The lowest BCUT2D eigenvalue weighted by Gasteiger charge is -2.45. The first-order valence-corrected chi connectivity index (χ1v) is 6.49. The molecular formula is C14H26O4. The number of esters is 1. The Morgan fingerprint density at radius 2 is 1.83 bits per heavy atom. The third kappa shape index (κ3) is 2.16. The van der Waals surface area contributed by atoms with Gasteiger partial charge >= 0.3 is 5.97 Å². The van der Waals surface area contributed by atoms with Crippen LogP contribution in [0.3, 0.4) is 0 Å². The van der Waals surface area contributed by atoms with E-state index in [1.807, 2.05) is 27.7 Å². The average Bonchev–Trinajstić information content (AvgIpc) is 2.31. The topological polar surface area (TPSA) is 55.8 Å². The molecule has 1 N–H and O–H groups in total. The number of hydrogen-bond acceptors (Lipinski definition) is 4. The van der Waals surface area contributed by atoms with Crippen molar-refractivity contribution in [3.05, 3.63) is 0 Å². The second-order valence-corrected chi connectivity index (χ2v) is 6.75. The quantitative estimate of drug-likeness (QED) is 0.789. The monoisotopic (exact) mass is 258 g/mol. The number of hydrogen-bond donors (Lipinski definition) is 1. The zero-order valence-corrected chi connectivity index (χ0v) is 12.6. The van der Waals surface area contributed by atoms with Gasteiger partial charge in [-0.25, -0.2) is 0 Å². The molecule has 0 spiro atoms. The van der Waals surface area contributed by atoms with Gasteiger partial charge in [0.25, 0.3) is 0 Å². The van der Waals surface area contributed by atoms with E-state index in [-0.39, 0.29) is 5.97 Å². The molecule has 1 fully saturated rings. The lowest BCUT2D eigenvalue weighted by atomic mass is 9.65. The summed E-state index contributed by atoms with van der Waals surface area (Å²) in [6, 6.07) is 0. The van der Waals surface area contributed by atoms with Crippen LogP contribution in [-0.2, 0) is 14.3 Å². The highest BCUT2D eigenvalue weighted by Gasteiger charge is 2.66. The zero-order valence-electron chi connectivity index (χ0n) is 12.6. The van der Waals surface area contributed by atoms with Crippen LogP contribution in [0.1, 0.15) is 54.9 Å². The molecule has 0 radical (unpaired) electrons. The molecular weight excluding hydrogens is 232 g/mol. The second-order valence-electron chi connectivity index (χ2n) is 6.75. The molecule has 0 bridgehead atoms. The Balaban J connectivity index is 3.16. The highest BCUT2D eigenvalue weighted by Crippen LogP contribution is 2.53. The molecule has 4 nitrogen and oxygen atoms in total. The number of carbonyl (C=O) groups excluding carboxylic acids is 1. The van der Waals surface area contributed by atoms with Gasteiger partial charge in [0.2, 0.25) is 0 Å². The molecule has 106 valence electrons. The standard InChI is InChI=1S/C14H26O4/c1-8-17-10(15)12(4,5)14(16)9-11(2,3)18-13(14,6)7/h16H,8-9H2,1-7H3. The van der Waals surface area contributed by atoms with Crippen molar-refractivity contribution in [3.8, 4) is 0 Å². The maximum atomic E-state index is 12.1. The molecule has 0 aromatic heterocycles. The summed E-state index contributed by atoms with van der Waals surface area (Å²) in [5, 5.41) is 11.1. The van der Waals surface area contributed by atoms with E-state index in [0.717, 1.165) is 0 Å². The van der Waals surface area contributed by atoms with Crippen LogP contribution >= 0.6 is 0 Å². The maximum Gasteiger partial charge on any atom is 0.314 e. The lowest BCUT2D eigenvalue weighted by Crippen LogP contribution is -2.60. The normalized spacial score (nSPS) is 30.2. The highest BCUT2D eigenvalue weighted by atomic mass is 16.6. The Bertz CT molecular complexity index is 344. The van der Waals surface area contributed by atoms with E-state index in [2.05, 4.69) is 0 Å². The van der Waals surface area contributed by atoms with E-state index in [1.165, 1.54) is 0 Å². The highest BCUT2D eigenvalue weighted by molar-refractivity contribution is 5.78. The van der Waals surface area contributed by atoms with Crippen molar-refractivity contribution in [2.45, 2.75) is 71.7 Å². The van der Waals surface area contributed by atoms with E-state index in [0.29, 0.717) is 13.0 Å². The van der Waals surface area contributed by atoms with Gasteiger partial charge in [-0.2, -0.15) is 0 Å². The van der Waals surface area contributed by atoms with E-state index in [1.54, 1.807) is 20.8 Å². The summed E-state index contributed by atoms with van der Waals surface area (Å²) in [7, 11) is 0. The van der Waals surface area contributed by atoms with Gasteiger partial charge in [-0.3, -0.25) is 4.79 Å². The minimum Gasteiger partial charge on any atom is -0.465 e. The third-order valence-corrected chi connectivity index (χ3v) is 4.03. The third-order valence-electron chi connectivity index (χ3n) is 4.03. The Morgan fingerprint density at radius 1 is 1.33 bits per heavy atom. The Morgan fingerprint density at radius 3 is 2.17 bits per heavy atom. The molecule has 1 rings (SSSR count). The average molecular weight is 258 g/mol. The predicted octanol–water partition coefficient (Wildman–Crippen LogP) is 2.28. The zero-order chi connectivity index (χ0) is 14.4. The Kier molecular flexibility index (Phi) is 3.61. The smallest absolute Gasteiger partial charge is 0.314 e. The van der Waals surface area contributed by atoms with Crippen LogP contribution < -0.4 is 0 Å². The fraction of sp³-hybridized carbons (Fsp3) is 0.929. The number of ether oxygens (including phenoxy) is 2. The molecule has 0 amide bonds. The molecule has 0 aliphatic carbocycles. The summed E-state index contributed by atoms with van der Waals surface area (Å²) in [6.07, 6.45) is 0.402. The van der Waals surface area contributed by atoms with Gasteiger partial charge in [0.05, 0.1) is 23.2 Å². The molecule has 1 atom stereocenters. The molecule has 1 saturated heterocycles.